The summed E-state index contributed by atoms with van der Waals surface area (Å²) >= 11 is 0. The Morgan fingerprint density at radius 2 is 1.89 bits per heavy atom. The molecule has 6 heteroatoms. The van der Waals surface area contributed by atoms with Crippen molar-refractivity contribution in [1.82, 2.24) is 19.6 Å². The molecule has 1 aromatic carbocycles. The number of hydrogen-bond acceptors (Lipinski definition) is 3. The molecule has 142 valence electrons. The van der Waals surface area contributed by atoms with Crippen molar-refractivity contribution in [2.45, 2.75) is 50.7 Å². The molecule has 2 aromatic rings. The minimum Gasteiger partial charge on any atom is -0.333 e. The quantitative estimate of drug-likeness (QED) is 0.821. The van der Waals surface area contributed by atoms with Crippen molar-refractivity contribution in [3.63, 3.8) is 0 Å². The summed E-state index contributed by atoms with van der Waals surface area (Å²) in [5.41, 5.74) is 1.77. The summed E-state index contributed by atoms with van der Waals surface area (Å²) in [6, 6.07) is 10.3. The van der Waals surface area contributed by atoms with Gasteiger partial charge in [-0.1, -0.05) is 30.3 Å². The first-order valence-electron chi connectivity index (χ1n) is 9.69. The second-order valence-electron chi connectivity index (χ2n) is 7.62. The van der Waals surface area contributed by atoms with E-state index < -0.39 is 0 Å². The highest BCUT2D eigenvalue weighted by Crippen LogP contribution is 2.42. The molecule has 0 bridgehead atoms. The molecule has 0 unspecified atom stereocenters. The standard InChI is InChI=1S/C21H26N4O2/c1-15(26)25-18-10-6-7-11-24(21(27)17-13-22-23(2)14-17)20(18)12-19(25)16-8-4-3-5-9-16/h3-5,8-9,13-14,18-20H,6-7,10-12H2,1-2H3/t18-,19-,20+/m0/s1. The average molecular weight is 366 g/mol. The molecule has 1 aromatic heterocycles. The normalized spacial score (nSPS) is 25.2. The van der Waals surface area contributed by atoms with Gasteiger partial charge in [0.05, 0.1) is 29.9 Å². The van der Waals surface area contributed by atoms with Crippen LogP contribution in [0.25, 0.3) is 0 Å². The summed E-state index contributed by atoms with van der Waals surface area (Å²) < 4.78 is 1.66. The third-order valence-electron chi connectivity index (χ3n) is 5.91. The molecule has 0 aliphatic carbocycles. The fourth-order valence-corrected chi connectivity index (χ4v) is 4.76. The number of carbonyl (C=O) groups excluding carboxylic acids is 2. The lowest BCUT2D eigenvalue weighted by Gasteiger charge is -2.33. The topological polar surface area (TPSA) is 58.4 Å². The molecule has 3 heterocycles. The molecular weight excluding hydrogens is 340 g/mol. The lowest BCUT2D eigenvalue weighted by atomic mass is 10.0. The third kappa shape index (κ3) is 3.24. The zero-order chi connectivity index (χ0) is 19.0. The molecular formula is C21H26N4O2. The van der Waals surface area contributed by atoms with E-state index in [4.69, 9.17) is 0 Å². The van der Waals surface area contributed by atoms with Crippen LogP contribution < -0.4 is 0 Å². The Morgan fingerprint density at radius 1 is 1.11 bits per heavy atom. The van der Waals surface area contributed by atoms with Gasteiger partial charge in [0, 0.05) is 26.7 Å². The van der Waals surface area contributed by atoms with Gasteiger partial charge < -0.3 is 9.80 Å². The first-order chi connectivity index (χ1) is 13.1. The van der Waals surface area contributed by atoms with Gasteiger partial charge in [0.1, 0.15) is 0 Å². The number of rotatable bonds is 2. The molecule has 0 saturated carbocycles. The van der Waals surface area contributed by atoms with E-state index in [1.807, 2.05) is 35.0 Å². The first-order valence-corrected chi connectivity index (χ1v) is 9.69. The number of likely N-dealkylation sites (tertiary alicyclic amines) is 2. The van der Waals surface area contributed by atoms with Crippen LogP contribution in [0.5, 0.6) is 0 Å². The highest BCUT2D eigenvalue weighted by Gasteiger charge is 2.47. The van der Waals surface area contributed by atoms with Crippen molar-refractivity contribution < 1.29 is 9.59 Å². The number of nitrogens with zero attached hydrogens (tertiary/aromatic N) is 4. The Morgan fingerprint density at radius 3 is 2.56 bits per heavy atom. The highest BCUT2D eigenvalue weighted by molar-refractivity contribution is 5.94. The van der Waals surface area contributed by atoms with Gasteiger partial charge in [-0.15, -0.1) is 0 Å². The summed E-state index contributed by atoms with van der Waals surface area (Å²) in [5, 5.41) is 4.15. The maximum absolute atomic E-state index is 13.2. The maximum Gasteiger partial charge on any atom is 0.257 e. The molecule has 27 heavy (non-hydrogen) atoms. The Labute approximate surface area is 159 Å². The third-order valence-corrected chi connectivity index (χ3v) is 5.91. The predicted molar refractivity (Wildman–Crippen MR) is 102 cm³/mol. The Bertz CT molecular complexity index is 832. The van der Waals surface area contributed by atoms with Crippen LogP contribution in [0.15, 0.2) is 42.7 Å². The Balaban J connectivity index is 1.68. The van der Waals surface area contributed by atoms with E-state index in [2.05, 4.69) is 17.2 Å². The zero-order valence-electron chi connectivity index (χ0n) is 15.9. The summed E-state index contributed by atoms with van der Waals surface area (Å²) in [6.07, 6.45) is 7.15. The molecule has 0 N–H and O–H groups in total. The van der Waals surface area contributed by atoms with Gasteiger partial charge in [-0.25, -0.2) is 0 Å². The van der Waals surface area contributed by atoms with Crippen molar-refractivity contribution in [2.24, 2.45) is 7.05 Å². The lowest BCUT2D eigenvalue weighted by molar-refractivity contribution is -0.132. The molecule has 6 nitrogen and oxygen atoms in total. The van der Waals surface area contributed by atoms with Gasteiger partial charge >= 0.3 is 0 Å². The Kier molecular flexibility index (Phi) is 4.72. The fourth-order valence-electron chi connectivity index (χ4n) is 4.76. The highest BCUT2D eigenvalue weighted by atomic mass is 16.2. The predicted octanol–water partition coefficient (Wildman–Crippen LogP) is 2.78. The van der Waals surface area contributed by atoms with E-state index >= 15 is 0 Å². The van der Waals surface area contributed by atoms with Crippen LogP contribution in [0.4, 0.5) is 0 Å². The fraction of sp³-hybridized carbons (Fsp3) is 0.476. The number of benzene rings is 1. The summed E-state index contributed by atoms with van der Waals surface area (Å²) in [6.45, 7) is 2.39. The molecule has 2 aliphatic rings. The number of carbonyl (C=O) groups is 2. The van der Waals surface area contributed by atoms with Crippen LogP contribution >= 0.6 is 0 Å². The summed E-state index contributed by atoms with van der Waals surface area (Å²) in [5.74, 6) is 0.115. The largest absolute Gasteiger partial charge is 0.333 e. The average Bonchev–Trinajstić information content (AvgIpc) is 3.20. The monoisotopic (exact) mass is 366 g/mol. The van der Waals surface area contributed by atoms with Gasteiger partial charge in [-0.3, -0.25) is 14.3 Å². The molecule has 3 atom stereocenters. The SMILES string of the molecule is CC(=O)N1[C@H](c2ccccc2)C[C@@H]2[C@@H]1CCCCN2C(=O)c1cnn(C)c1. The van der Waals surface area contributed by atoms with Crippen LogP contribution in [-0.4, -0.2) is 50.0 Å². The van der Waals surface area contributed by atoms with Crippen LogP contribution in [-0.2, 0) is 11.8 Å². The van der Waals surface area contributed by atoms with Crippen molar-refractivity contribution in [1.29, 1.82) is 0 Å². The van der Waals surface area contributed by atoms with Crippen LogP contribution in [0.2, 0.25) is 0 Å². The molecule has 2 amide bonds. The zero-order valence-corrected chi connectivity index (χ0v) is 15.9. The summed E-state index contributed by atoms with van der Waals surface area (Å²) in [7, 11) is 1.82. The second kappa shape index (κ2) is 7.18. The van der Waals surface area contributed by atoms with E-state index in [0.717, 1.165) is 37.8 Å². The summed E-state index contributed by atoms with van der Waals surface area (Å²) in [4.78, 5) is 29.8. The van der Waals surface area contributed by atoms with Gasteiger partial charge in [-0.05, 0) is 31.2 Å². The van der Waals surface area contributed by atoms with Crippen molar-refractivity contribution >= 4 is 11.8 Å². The minimum atomic E-state index is 0.0252. The van der Waals surface area contributed by atoms with Gasteiger partial charge in [0.15, 0.2) is 0 Å². The van der Waals surface area contributed by atoms with Crippen molar-refractivity contribution in [3.8, 4) is 0 Å². The van der Waals surface area contributed by atoms with E-state index in [1.54, 1.807) is 24.0 Å². The van der Waals surface area contributed by atoms with Gasteiger partial charge in [0.25, 0.3) is 5.91 Å². The van der Waals surface area contributed by atoms with Crippen molar-refractivity contribution in [3.05, 3.63) is 53.9 Å². The molecule has 2 saturated heterocycles. The maximum atomic E-state index is 13.2. The van der Waals surface area contributed by atoms with Gasteiger partial charge in [0.2, 0.25) is 5.91 Å². The van der Waals surface area contributed by atoms with Gasteiger partial charge in [-0.2, -0.15) is 5.10 Å². The van der Waals surface area contributed by atoms with E-state index in [0.29, 0.717) is 5.56 Å². The van der Waals surface area contributed by atoms with Crippen LogP contribution in [0.1, 0.15) is 54.6 Å². The van der Waals surface area contributed by atoms with Crippen LogP contribution in [0.3, 0.4) is 0 Å². The smallest absolute Gasteiger partial charge is 0.257 e. The molecule has 4 rings (SSSR count). The number of aromatic nitrogens is 2. The van der Waals surface area contributed by atoms with E-state index in [-0.39, 0.29) is 29.9 Å². The molecule has 2 fully saturated rings. The number of aryl methyl sites for hydroxylation is 1. The lowest BCUT2D eigenvalue weighted by Crippen LogP contribution is -2.47. The first kappa shape index (κ1) is 17.8. The van der Waals surface area contributed by atoms with E-state index in [9.17, 15) is 9.59 Å². The number of hydrogen-bond donors (Lipinski definition) is 0. The molecule has 2 aliphatic heterocycles. The number of amides is 2. The van der Waals surface area contributed by atoms with Crippen molar-refractivity contribution in [2.75, 3.05) is 6.54 Å². The molecule has 0 spiro atoms. The van der Waals surface area contributed by atoms with E-state index in [1.165, 1.54) is 0 Å². The minimum absolute atomic E-state index is 0.0252. The number of fused-ring (bicyclic) bond motifs is 1. The van der Waals surface area contributed by atoms with Crippen LogP contribution in [0, 0.1) is 0 Å². The second-order valence-corrected chi connectivity index (χ2v) is 7.62. The molecule has 0 radical (unpaired) electrons. The Hall–Kier alpha value is -2.63.